The molecule has 1 heterocycles. The molecule has 1 aliphatic rings. The zero-order valence-corrected chi connectivity index (χ0v) is 14.9. The number of carbonyl (C=O) groups is 2. The van der Waals surface area contributed by atoms with Crippen molar-refractivity contribution in [1.29, 1.82) is 0 Å². The second-order valence-corrected chi connectivity index (χ2v) is 6.83. The van der Waals surface area contributed by atoms with E-state index in [0.29, 0.717) is 30.2 Å². The Morgan fingerprint density at radius 2 is 2.23 bits per heavy atom. The van der Waals surface area contributed by atoms with Gasteiger partial charge in [-0.05, 0) is 37.5 Å². The Labute approximate surface area is 144 Å². The molecule has 0 radical (unpaired) electrons. The molecule has 1 atom stereocenters. The van der Waals surface area contributed by atoms with Gasteiger partial charge in [0.05, 0.1) is 16.5 Å². The van der Waals surface area contributed by atoms with Gasteiger partial charge in [0, 0.05) is 24.1 Å². The number of benzene rings is 1. The van der Waals surface area contributed by atoms with Crippen molar-refractivity contribution in [3.05, 3.63) is 33.3 Å². The van der Waals surface area contributed by atoms with Crippen molar-refractivity contribution in [3.8, 4) is 0 Å². The summed E-state index contributed by atoms with van der Waals surface area (Å²) in [5.41, 5.74) is 0.486. The molecule has 1 unspecified atom stereocenters. The van der Waals surface area contributed by atoms with Crippen LogP contribution in [-0.4, -0.2) is 36.3 Å². The normalized spacial score (nSPS) is 18.1. The van der Waals surface area contributed by atoms with Gasteiger partial charge in [-0.1, -0.05) is 34.5 Å². The second kappa shape index (κ2) is 7.97. The molecule has 4 nitrogen and oxygen atoms in total. The number of amides is 2. The summed E-state index contributed by atoms with van der Waals surface area (Å²) >= 11 is 9.49. The van der Waals surface area contributed by atoms with Crippen molar-refractivity contribution in [1.82, 2.24) is 10.2 Å². The largest absolute Gasteiger partial charge is 0.356 e. The van der Waals surface area contributed by atoms with Crippen LogP contribution in [0.3, 0.4) is 0 Å². The maximum absolute atomic E-state index is 12.6. The van der Waals surface area contributed by atoms with Crippen LogP contribution in [0.4, 0.5) is 0 Å². The number of piperidine rings is 1. The summed E-state index contributed by atoms with van der Waals surface area (Å²) in [6.45, 7) is 3.83. The fourth-order valence-electron chi connectivity index (χ4n) is 2.60. The van der Waals surface area contributed by atoms with Crippen molar-refractivity contribution < 1.29 is 9.59 Å². The van der Waals surface area contributed by atoms with Gasteiger partial charge in [0.25, 0.3) is 5.91 Å². The van der Waals surface area contributed by atoms with E-state index < -0.39 is 0 Å². The molecule has 0 spiro atoms. The number of hydrogen-bond acceptors (Lipinski definition) is 2. The smallest absolute Gasteiger partial charge is 0.255 e. The molecule has 1 fully saturated rings. The van der Waals surface area contributed by atoms with Crippen LogP contribution < -0.4 is 5.32 Å². The van der Waals surface area contributed by atoms with E-state index in [0.717, 1.165) is 23.7 Å². The molecule has 2 amide bonds. The lowest BCUT2D eigenvalue weighted by Crippen LogP contribution is -2.45. The van der Waals surface area contributed by atoms with Crippen LogP contribution in [0.25, 0.3) is 0 Å². The van der Waals surface area contributed by atoms with Crippen LogP contribution in [0.2, 0.25) is 5.02 Å². The van der Waals surface area contributed by atoms with Crippen LogP contribution in [0.5, 0.6) is 0 Å². The number of likely N-dealkylation sites (tertiary alicyclic amines) is 1. The Bertz CT molecular complexity index is 565. The van der Waals surface area contributed by atoms with Crippen molar-refractivity contribution in [2.45, 2.75) is 26.2 Å². The molecule has 6 heteroatoms. The molecule has 1 aromatic carbocycles. The average molecular weight is 388 g/mol. The van der Waals surface area contributed by atoms with Crippen molar-refractivity contribution >= 4 is 39.3 Å². The highest BCUT2D eigenvalue weighted by Gasteiger charge is 2.29. The lowest BCUT2D eigenvalue weighted by molar-refractivity contribution is -0.126. The molecular weight excluding hydrogens is 368 g/mol. The molecule has 2 rings (SSSR count). The molecule has 1 N–H and O–H groups in total. The first-order valence-corrected chi connectivity index (χ1v) is 8.72. The van der Waals surface area contributed by atoms with Crippen LogP contribution in [0.15, 0.2) is 22.7 Å². The maximum Gasteiger partial charge on any atom is 0.255 e. The molecule has 0 aliphatic carbocycles. The molecule has 0 saturated carbocycles. The molecule has 22 heavy (non-hydrogen) atoms. The SMILES string of the molecule is CCCNC(=O)C1CCCN(C(=O)c2ccc(Br)cc2Cl)C1. The van der Waals surface area contributed by atoms with E-state index in [1.165, 1.54) is 0 Å². The summed E-state index contributed by atoms with van der Waals surface area (Å²) in [6.07, 6.45) is 2.58. The Kier molecular flexibility index (Phi) is 6.26. The predicted octanol–water partition coefficient (Wildman–Crippen LogP) is 3.48. The minimum absolute atomic E-state index is 0.0428. The summed E-state index contributed by atoms with van der Waals surface area (Å²) in [7, 11) is 0. The van der Waals surface area contributed by atoms with Gasteiger partial charge >= 0.3 is 0 Å². The summed E-state index contributed by atoms with van der Waals surface area (Å²) in [5.74, 6) is -0.190. The topological polar surface area (TPSA) is 49.4 Å². The molecule has 0 bridgehead atoms. The predicted molar refractivity (Wildman–Crippen MR) is 91.1 cm³/mol. The lowest BCUT2D eigenvalue weighted by atomic mass is 9.96. The standard InChI is InChI=1S/C16H20BrClN2O2/c1-2-7-19-15(21)11-4-3-8-20(10-11)16(22)13-6-5-12(17)9-14(13)18/h5-6,9,11H,2-4,7-8,10H2,1H3,(H,19,21). The molecule has 1 aromatic rings. The number of halogens is 2. The highest BCUT2D eigenvalue weighted by Crippen LogP contribution is 2.25. The van der Waals surface area contributed by atoms with Gasteiger partial charge in [0.2, 0.25) is 5.91 Å². The zero-order chi connectivity index (χ0) is 16.1. The number of carbonyl (C=O) groups excluding carboxylic acids is 2. The Morgan fingerprint density at radius 3 is 2.91 bits per heavy atom. The fraction of sp³-hybridized carbons (Fsp3) is 0.500. The van der Waals surface area contributed by atoms with Gasteiger partial charge in [-0.25, -0.2) is 0 Å². The zero-order valence-electron chi connectivity index (χ0n) is 12.6. The summed E-state index contributed by atoms with van der Waals surface area (Å²) in [4.78, 5) is 26.4. The minimum atomic E-state index is -0.126. The van der Waals surface area contributed by atoms with E-state index in [1.54, 1.807) is 23.1 Å². The van der Waals surface area contributed by atoms with Crippen LogP contribution in [0.1, 0.15) is 36.5 Å². The van der Waals surface area contributed by atoms with Crippen LogP contribution in [-0.2, 0) is 4.79 Å². The Balaban J connectivity index is 2.05. The summed E-state index contributed by atoms with van der Waals surface area (Å²) in [6, 6.07) is 5.23. The quantitative estimate of drug-likeness (QED) is 0.860. The van der Waals surface area contributed by atoms with E-state index >= 15 is 0 Å². The molecule has 1 saturated heterocycles. The van der Waals surface area contributed by atoms with E-state index in [-0.39, 0.29) is 17.7 Å². The third-order valence-corrected chi connectivity index (χ3v) is 4.60. The number of hydrogen-bond donors (Lipinski definition) is 1. The Hall–Kier alpha value is -1.07. The van der Waals surface area contributed by atoms with E-state index in [9.17, 15) is 9.59 Å². The molecule has 120 valence electrons. The molecular formula is C16H20BrClN2O2. The summed E-state index contributed by atoms with van der Waals surface area (Å²) < 4.78 is 0.838. The lowest BCUT2D eigenvalue weighted by Gasteiger charge is -2.32. The first-order valence-electron chi connectivity index (χ1n) is 7.55. The monoisotopic (exact) mass is 386 g/mol. The average Bonchev–Trinajstić information content (AvgIpc) is 2.52. The van der Waals surface area contributed by atoms with Gasteiger partial charge in [-0.3, -0.25) is 9.59 Å². The molecule has 0 aromatic heterocycles. The third-order valence-electron chi connectivity index (χ3n) is 3.79. The van der Waals surface area contributed by atoms with E-state index in [4.69, 9.17) is 11.6 Å². The maximum atomic E-state index is 12.6. The summed E-state index contributed by atoms with van der Waals surface area (Å²) in [5, 5.41) is 3.34. The second-order valence-electron chi connectivity index (χ2n) is 5.51. The molecule has 1 aliphatic heterocycles. The van der Waals surface area contributed by atoms with Crippen LogP contribution in [0, 0.1) is 5.92 Å². The number of rotatable bonds is 4. The van der Waals surface area contributed by atoms with Crippen molar-refractivity contribution in [2.75, 3.05) is 19.6 Å². The van der Waals surface area contributed by atoms with Gasteiger partial charge in [0.15, 0.2) is 0 Å². The first-order chi connectivity index (χ1) is 10.5. The van der Waals surface area contributed by atoms with Crippen molar-refractivity contribution in [3.63, 3.8) is 0 Å². The van der Waals surface area contributed by atoms with Gasteiger partial charge in [0.1, 0.15) is 0 Å². The van der Waals surface area contributed by atoms with Gasteiger partial charge in [-0.15, -0.1) is 0 Å². The van der Waals surface area contributed by atoms with Crippen LogP contribution >= 0.6 is 27.5 Å². The highest BCUT2D eigenvalue weighted by molar-refractivity contribution is 9.10. The Morgan fingerprint density at radius 1 is 1.45 bits per heavy atom. The first kappa shape index (κ1) is 17.3. The van der Waals surface area contributed by atoms with Gasteiger partial charge < -0.3 is 10.2 Å². The van der Waals surface area contributed by atoms with E-state index in [1.807, 2.05) is 6.92 Å². The van der Waals surface area contributed by atoms with Gasteiger partial charge in [-0.2, -0.15) is 0 Å². The number of nitrogens with one attached hydrogen (secondary N) is 1. The highest BCUT2D eigenvalue weighted by atomic mass is 79.9. The van der Waals surface area contributed by atoms with Crippen molar-refractivity contribution in [2.24, 2.45) is 5.92 Å². The van der Waals surface area contributed by atoms with E-state index in [2.05, 4.69) is 21.2 Å². The fourth-order valence-corrected chi connectivity index (χ4v) is 3.36. The third kappa shape index (κ3) is 4.23. The number of nitrogens with zero attached hydrogens (tertiary/aromatic N) is 1. The minimum Gasteiger partial charge on any atom is -0.356 e.